The molecule has 0 spiro atoms. The van der Waals surface area contributed by atoms with Crippen LogP contribution >= 0.6 is 0 Å². The molecule has 1 aliphatic rings. The van der Waals surface area contributed by atoms with Crippen LogP contribution in [0.4, 0.5) is 0 Å². The first kappa shape index (κ1) is 18.3. The van der Waals surface area contributed by atoms with Crippen LogP contribution < -0.4 is 4.74 Å². The summed E-state index contributed by atoms with van der Waals surface area (Å²) in [5.74, 6) is -0.695. The molecule has 2 rings (SSSR count). The highest BCUT2D eigenvalue weighted by Crippen LogP contribution is 2.26. The topological polar surface area (TPSA) is 76.1 Å². The van der Waals surface area contributed by atoms with Crippen LogP contribution in [-0.2, 0) is 20.9 Å². The van der Waals surface area contributed by atoms with Crippen molar-refractivity contribution in [2.24, 2.45) is 5.92 Å². The Morgan fingerprint density at radius 3 is 2.54 bits per heavy atom. The molecule has 24 heavy (non-hydrogen) atoms. The van der Waals surface area contributed by atoms with Crippen molar-refractivity contribution in [2.45, 2.75) is 33.2 Å². The van der Waals surface area contributed by atoms with Gasteiger partial charge in [-0.2, -0.15) is 0 Å². The van der Waals surface area contributed by atoms with Crippen LogP contribution in [0.5, 0.6) is 5.75 Å². The molecule has 0 saturated carbocycles. The van der Waals surface area contributed by atoms with Crippen molar-refractivity contribution in [3.05, 3.63) is 28.8 Å². The molecular formula is C18H25NO5. The number of piperidine rings is 1. The molecule has 1 N–H and O–H groups in total. The van der Waals surface area contributed by atoms with Gasteiger partial charge in [0, 0.05) is 13.1 Å². The highest BCUT2D eigenvalue weighted by molar-refractivity contribution is 5.71. The van der Waals surface area contributed by atoms with Crippen LogP contribution in [0.15, 0.2) is 12.1 Å². The summed E-state index contributed by atoms with van der Waals surface area (Å²) in [6.07, 6.45) is 1.67. The van der Waals surface area contributed by atoms with Gasteiger partial charge in [-0.1, -0.05) is 12.1 Å². The molecule has 1 aromatic carbocycles. The van der Waals surface area contributed by atoms with Gasteiger partial charge in [-0.25, -0.2) is 4.79 Å². The third kappa shape index (κ3) is 4.71. The summed E-state index contributed by atoms with van der Waals surface area (Å²) in [6, 6.07) is 4.06. The number of carboxylic acids is 1. The molecule has 6 nitrogen and oxygen atoms in total. The fourth-order valence-electron chi connectivity index (χ4n) is 3.21. The first-order chi connectivity index (χ1) is 11.4. The zero-order valence-corrected chi connectivity index (χ0v) is 14.5. The van der Waals surface area contributed by atoms with E-state index in [9.17, 15) is 14.7 Å². The van der Waals surface area contributed by atoms with E-state index < -0.39 is 11.9 Å². The molecule has 1 fully saturated rings. The van der Waals surface area contributed by atoms with E-state index in [2.05, 4.69) is 9.64 Å². The van der Waals surface area contributed by atoms with Crippen molar-refractivity contribution in [1.82, 2.24) is 4.90 Å². The summed E-state index contributed by atoms with van der Waals surface area (Å²) < 4.78 is 10.1. The number of carbonyl (C=O) groups is 2. The standard InChI is InChI=1S/C18H25NO5/c1-12-7-14(8-13(2)17(12)24-11-16(20)23-3)9-19-6-4-5-15(10-19)18(21)22/h7-8,15H,4-6,9-11H2,1-3H3,(H,21,22). The Labute approximate surface area is 142 Å². The average molecular weight is 335 g/mol. The van der Waals surface area contributed by atoms with Crippen molar-refractivity contribution in [2.75, 3.05) is 26.8 Å². The van der Waals surface area contributed by atoms with Crippen LogP contribution in [0.3, 0.4) is 0 Å². The van der Waals surface area contributed by atoms with Gasteiger partial charge in [0.25, 0.3) is 0 Å². The number of carboxylic acid groups (broad SMARTS) is 1. The summed E-state index contributed by atoms with van der Waals surface area (Å²) in [4.78, 5) is 24.6. The Bertz CT molecular complexity index is 590. The van der Waals surface area contributed by atoms with Gasteiger partial charge in [0.1, 0.15) is 5.75 Å². The van der Waals surface area contributed by atoms with Crippen LogP contribution in [0.2, 0.25) is 0 Å². The summed E-state index contributed by atoms with van der Waals surface area (Å²) in [5.41, 5.74) is 3.04. The second kappa shape index (κ2) is 8.15. The Morgan fingerprint density at radius 1 is 1.29 bits per heavy atom. The molecule has 0 bridgehead atoms. The second-order valence-electron chi connectivity index (χ2n) is 6.34. The fraction of sp³-hybridized carbons (Fsp3) is 0.556. The lowest BCUT2D eigenvalue weighted by Gasteiger charge is -2.30. The maximum atomic E-state index is 11.2. The first-order valence-electron chi connectivity index (χ1n) is 8.15. The quantitative estimate of drug-likeness (QED) is 0.803. The number of nitrogens with zero attached hydrogens (tertiary/aromatic N) is 1. The summed E-state index contributed by atoms with van der Waals surface area (Å²) in [7, 11) is 1.33. The van der Waals surface area contributed by atoms with Crippen LogP contribution in [-0.4, -0.2) is 48.8 Å². The minimum atomic E-state index is -0.710. The SMILES string of the molecule is COC(=O)COc1c(C)cc(CN2CCCC(C(=O)O)C2)cc1C. The molecule has 1 aromatic rings. The van der Waals surface area contributed by atoms with Gasteiger partial charge in [-0.3, -0.25) is 9.69 Å². The van der Waals surface area contributed by atoms with Gasteiger partial charge in [-0.05, 0) is 49.9 Å². The molecule has 6 heteroatoms. The minimum absolute atomic E-state index is 0.107. The van der Waals surface area contributed by atoms with E-state index in [4.69, 9.17) is 4.74 Å². The minimum Gasteiger partial charge on any atom is -0.481 e. The molecule has 132 valence electrons. The lowest BCUT2D eigenvalue weighted by atomic mass is 9.97. The molecular weight excluding hydrogens is 310 g/mol. The summed E-state index contributed by atoms with van der Waals surface area (Å²) in [6.45, 7) is 6.02. The summed E-state index contributed by atoms with van der Waals surface area (Å²) in [5, 5.41) is 9.19. The number of hydrogen-bond acceptors (Lipinski definition) is 5. The molecule has 0 amide bonds. The van der Waals surface area contributed by atoms with Crippen molar-refractivity contribution >= 4 is 11.9 Å². The molecule has 0 radical (unpaired) electrons. The second-order valence-corrected chi connectivity index (χ2v) is 6.34. The van der Waals surface area contributed by atoms with Crippen molar-refractivity contribution in [1.29, 1.82) is 0 Å². The molecule has 1 unspecified atom stereocenters. The lowest BCUT2D eigenvalue weighted by Crippen LogP contribution is -2.38. The Kier molecular flexibility index (Phi) is 6.20. The monoisotopic (exact) mass is 335 g/mol. The van der Waals surface area contributed by atoms with Gasteiger partial charge in [0.15, 0.2) is 6.61 Å². The van der Waals surface area contributed by atoms with E-state index in [1.807, 2.05) is 26.0 Å². The van der Waals surface area contributed by atoms with Crippen molar-refractivity contribution in [3.8, 4) is 5.75 Å². The highest BCUT2D eigenvalue weighted by atomic mass is 16.6. The molecule has 0 aliphatic carbocycles. The zero-order chi connectivity index (χ0) is 17.7. The largest absolute Gasteiger partial charge is 0.481 e. The van der Waals surface area contributed by atoms with Crippen LogP contribution in [0.25, 0.3) is 0 Å². The van der Waals surface area contributed by atoms with Gasteiger partial charge < -0.3 is 14.6 Å². The van der Waals surface area contributed by atoms with E-state index >= 15 is 0 Å². The number of aryl methyl sites for hydroxylation is 2. The van der Waals surface area contributed by atoms with Crippen molar-refractivity contribution < 1.29 is 24.2 Å². The van der Waals surface area contributed by atoms with Gasteiger partial charge in [0.2, 0.25) is 0 Å². The highest BCUT2D eigenvalue weighted by Gasteiger charge is 2.25. The normalized spacial score (nSPS) is 18.2. The fourth-order valence-corrected chi connectivity index (χ4v) is 3.21. The molecule has 1 saturated heterocycles. The van der Waals surface area contributed by atoms with E-state index in [0.717, 1.165) is 42.6 Å². The number of likely N-dealkylation sites (tertiary alicyclic amines) is 1. The van der Waals surface area contributed by atoms with E-state index in [1.165, 1.54) is 7.11 Å². The Hall–Kier alpha value is -2.08. The Balaban J connectivity index is 2.04. The number of rotatable bonds is 6. The average Bonchev–Trinajstić information content (AvgIpc) is 2.54. The maximum absolute atomic E-state index is 11.2. The first-order valence-corrected chi connectivity index (χ1v) is 8.15. The maximum Gasteiger partial charge on any atom is 0.343 e. The number of esters is 1. The molecule has 1 aliphatic heterocycles. The predicted octanol–water partition coefficient (Wildman–Crippen LogP) is 2.15. The summed E-state index contributed by atoms with van der Waals surface area (Å²) >= 11 is 0. The number of carbonyl (C=O) groups excluding carboxylic acids is 1. The molecule has 0 aromatic heterocycles. The number of aliphatic carboxylic acids is 1. The number of hydrogen-bond donors (Lipinski definition) is 1. The third-order valence-electron chi connectivity index (χ3n) is 4.34. The number of methoxy groups -OCH3 is 1. The van der Waals surface area contributed by atoms with Crippen molar-refractivity contribution in [3.63, 3.8) is 0 Å². The Morgan fingerprint density at radius 2 is 1.96 bits per heavy atom. The van der Waals surface area contributed by atoms with Gasteiger partial charge >= 0.3 is 11.9 Å². The molecule has 1 heterocycles. The third-order valence-corrected chi connectivity index (χ3v) is 4.34. The van der Waals surface area contributed by atoms with Gasteiger partial charge in [-0.15, -0.1) is 0 Å². The van der Waals surface area contributed by atoms with E-state index in [1.54, 1.807) is 0 Å². The van der Waals surface area contributed by atoms with Crippen LogP contribution in [0, 0.1) is 19.8 Å². The number of benzene rings is 1. The smallest absolute Gasteiger partial charge is 0.343 e. The van der Waals surface area contributed by atoms with E-state index in [0.29, 0.717) is 12.3 Å². The van der Waals surface area contributed by atoms with Crippen LogP contribution in [0.1, 0.15) is 29.5 Å². The number of ether oxygens (including phenoxy) is 2. The lowest BCUT2D eigenvalue weighted by molar-refractivity contribution is -0.144. The zero-order valence-electron chi connectivity index (χ0n) is 14.5. The molecule has 1 atom stereocenters. The van der Waals surface area contributed by atoms with E-state index in [-0.39, 0.29) is 12.5 Å². The van der Waals surface area contributed by atoms with Gasteiger partial charge in [0.05, 0.1) is 13.0 Å². The predicted molar refractivity (Wildman–Crippen MR) is 89.1 cm³/mol.